The maximum Gasteiger partial charge on any atom is 0.149 e. The Hall–Kier alpha value is -3.55. The number of aryl methyl sites for hydroxylation is 1. The highest BCUT2D eigenvalue weighted by atomic mass is 35.5. The molecule has 0 aliphatic heterocycles. The van der Waals surface area contributed by atoms with Gasteiger partial charge in [0.1, 0.15) is 24.3 Å². The van der Waals surface area contributed by atoms with E-state index >= 15 is 0 Å². The second-order valence-electron chi connectivity index (χ2n) is 6.76. The number of nitrogens with one attached hydrogen (secondary N) is 1. The summed E-state index contributed by atoms with van der Waals surface area (Å²) in [5.41, 5.74) is 5.34. The summed E-state index contributed by atoms with van der Waals surface area (Å²) in [6, 6.07) is 23.4. The lowest BCUT2D eigenvalue weighted by molar-refractivity contribution is 0.306. The van der Waals surface area contributed by atoms with Crippen LogP contribution in [0.2, 0.25) is 5.02 Å². The Kier molecular flexibility index (Phi) is 5.33. The van der Waals surface area contributed by atoms with Gasteiger partial charge in [-0.2, -0.15) is 5.26 Å². The minimum atomic E-state index is 0.466. The lowest BCUT2D eigenvalue weighted by Crippen LogP contribution is -1.94. The highest BCUT2D eigenvalue weighted by Gasteiger charge is 2.08. The molecule has 0 saturated heterocycles. The molecule has 0 radical (unpaired) electrons. The van der Waals surface area contributed by atoms with Crippen molar-refractivity contribution in [2.45, 2.75) is 13.5 Å². The van der Waals surface area contributed by atoms with Crippen LogP contribution in [0.15, 0.2) is 66.7 Å². The molecule has 0 spiro atoms. The highest BCUT2D eigenvalue weighted by molar-refractivity contribution is 6.30. The monoisotopic (exact) mass is 399 g/mol. The van der Waals surface area contributed by atoms with Gasteiger partial charge in [0.15, 0.2) is 0 Å². The number of aromatic nitrogens is 2. The summed E-state index contributed by atoms with van der Waals surface area (Å²) in [6.07, 6.45) is 1.81. The lowest BCUT2D eigenvalue weighted by Gasteiger charge is -2.06. The fraction of sp³-hybridized carbons (Fsp3) is 0.0833. The Morgan fingerprint density at radius 1 is 1.10 bits per heavy atom. The Balaban J connectivity index is 1.50. The van der Waals surface area contributed by atoms with Gasteiger partial charge < -0.3 is 9.72 Å². The number of rotatable bonds is 5. The van der Waals surface area contributed by atoms with E-state index in [-0.39, 0.29) is 0 Å². The first-order chi connectivity index (χ1) is 14.1. The largest absolute Gasteiger partial charge is 0.489 e. The van der Waals surface area contributed by atoms with E-state index in [1.54, 1.807) is 0 Å². The maximum atomic E-state index is 9.59. The maximum absolute atomic E-state index is 9.59. The van der Waals surface area contributed by atoms with Crippen LogP contribution in [0, 0.1) is 18.3 Å². The third-order valence-electron chi connectivity index (χ3n) is 4.52. The smallest absolute Gasteiger partial charge is 0.149 e. The number of hydrogen-bond acceptors (Lipinski definition) is 3. The number of aromatic amines is 1. The second-order valence-corrected chi connectivity index (χ2v) is 7.20. The van der Waals surface area contributed by atoms with E-state index in [9.17, 15) is 5.26 Å². The molecule has 0 unspecified atom stereocenters. The van der Waals surface area contributed by atoms with Crippen molar-refractivity contribution in [3.63, 3.8) is 0 Å². The Labute approximate surface area is 174 Å². The average molecular weight is 400 g/mol. The van der Waals surface area contributed by atoms with E-state index in [2.05, 4.69) is 16.0 Å². The van der Waals surface area contributed by atoms with E-state index in [1.807, 2.05) is 79.7 Å². The van der Waals surface area contributed by atoms with Gasteiger partial charge in [-0.25, -0.2) is 4.98 Å². The molecule has 0 atom stereocenters. The van der Waals surface area contributed by atoms with Crippen LogP contribution in [-0.2, 0) is 6.61 Å². The van der Waals surface area contributed by atoms with E-state index in [0.717, 1.165) is 33.5 Å². The van der Waals surface area contributed by atoms with Crippen molar-refractivity contribution in [3.8, 4) is 11.8 Å². The summed E-state index contributed by atoms with van der Waals surface area (Å²) in [5, 5.41) is 10.3. The number of imidazole rings is 1. The first-order valence-electron chi connectivity index (χ1n) is 9.16. The number of H-pyrrole nitrogens is 1. The number of fused-ring (bicyclic) bond motifs is 1. The minimum Gasteiger partial charge on any atom is -0.489 e. The zero-order chi connectivity index (χ0) is 20.2. The molecule has 0 aliphatic carbocycles. The van der Waals surface area contributed by atoms with Crippen molar-refractivity contribution in [1.82, 2.24) is 9.97 Å². The van der Waals surface area contributed by atoms with Crippen molar-refractivity contribution < 1.29 is 4.74 Å². The molecule has 0 amide bonds. The number of halogens is 1. The molecule has 3 aromatic carbocycles. The van der Waals surface area contributed by atoms with Crippen LogP contribution in [0.25, 0.3) is 22.7 Å². The molecule has 0 saturated carbocycles. The van der Waals surface area contributed by atoms with E-state index in [1.165, 1.54) is 0 Å². The zero-order valence-electron chi connectivity index (χ0n) is 15.8. The molecule has 1 N–H and O–H groups in total. The molecule has 0 fully saturated rings. The predicted octanol–water partition coefficient (Wildman–Crippen LogP) is 6.17. The number of allylic oxidation sites excluding steroid dienone is 1. The van der Waals surface area contributed by atoms with E-state index in [0.29, 0.717) is 23.0 Å². The van der Waals surface area contributed by atoms with Gasteiger partial charge in [-0.05, 0) is 66.1 Å². The van der Waals surface area contributed by atoms with Crippen LogP contribution in [0.4, 0.5) is 0 Å². The molecule has 0 bridgehead atoms. The van der Waals surface area contributed by atoms with Gasteiger partial charge in [0, 0.05) is 5.02 Å². The summed E-state index contributed by atoms with van der Waals surface area (Å²) < 4.78 is 5.81. The van der Waals surface area contributed by atoms with E-state index in [4.69, 9.17) is 16.3 Å². The van der Waals surface area contributed by atoms with Gasteiger partial charge in [-0.3, -0.25) is 0 Å². The summed E-state index contributed by atoms with van der Waals surface area (Å²) in [4.78, 5) is 7.75. The fourth-order valence-electron chi connectivity index (χ4n) is 2.98. The van der Waals surface area contributed by atoms with Crippen molar-refractivity contribution in [1.29, 1.82) is 5.26 Å². The molecule has 142 valence electrons. The molecule has 1 heterocycles. The number of nitriles is 1. The van der Waals surface area contributed by atoms with Crippen LogP contribution in [-0.4, -0.2) is 9.97 Å². The standard InChI is InChI=1S/C24H18ClN3O/c1-16-2-11-22-23(12-16)28-24(27-22)19(14-26)13-17-5-9-21(10-6-17)29-15-18-3-7-20(25)8-4-18/h2-13H,15H2,1H3,(H,27,28)/b19-13-. The summed E-state index contributed by atoms with van der Waals surface area (Å²) in [6.45, 7) is 2.49. The number of hydrogen-bond donors (Lipinski definition) is 1. The molecular formula is C24H18ClN3O. The van der Waals surface area contributed by atoms with Gasteiger partial charge in [-0.15, -0.1) is 0 Å². The number of ether oxygens (including phenoxy) is 1. The molecule has 4 nitrogen and oxygen atoms in total. The van der Waals surface area contributed by atoms with Crippen molar-refractivity contribution in [3.05, 3.63) is 94.3 Å². The third kappa shape index (κ3) is 4.48. The van der Waals surface area contributed by atoms with Crippen LogP contribution in [0.5, 0.6) is 5.75 Å². The van der Waals surface area contributed by atoms with Gasteiger partial charge in [0.25, 0.3) is 0 Å². The van der Waals surface area contributed by atoms with E-state index < -0.39 is 0 Å². The van der Waals surface area contributed by atoms with Crippen molar-refractivity contribution in [2.75, 3.05) is 0 Å². The summed E-state index contributed by atoms with van der Waals surface area (Å²) in [5.74, 6) is 1.32. The van der Waals surface area contributed by atoms with Crippen molar-refractivity contribution >= 4 is 34.3 Å². The Morgan fingerprint density at radius 2 is 1.86 bits per heavy atom. The molecule has 5 heteroatoms. The van der Waals surface area contributed by atoms with Gasteiger partial charge in [0.05, 0.1) is 16.6 Å². The predicted molar refractivity (Wildman–Crippen MR) is 117 cm³/mol. The SMILES string of the molecule is Cc1ccc2nc(/C(C#N)=C\c3ccc(OCc4ccc(Cl)cc4)cc3)[nH]c2c1. The first-order valence-corrected chi connectivity index (χ1v) is 9.54. The van der Waals surface area contributed by atoms with Crippen LogP contribution in [0.3, 0.4) is 0 Å². The molecule has 29 heavy (non-hydrogen) atoms. The Bertz CT molecular complexity index is 1220. The van der Waals surface area contributed by atoms with Gasteiger partial charge >= 0.3 is 0 Å². The van der Waals surface area contributed by atoms with Crippen LogP contribution < -0.4 is 4.74 Å². The Morgan fingerprint density at radius 3 is 2.59 bits per heavy atom. The second kappa shape index (κ2) is 8.22. The first kappa shape index (κ1) is 18.8. The summed E-state index contributed by atoms with van der Waals surface area (Å²) >= 11 is 5.90. The average Bonchev–Trinajstić information content (AvgIpc) is 3.15. The molecule has 4 rings (SSSR count). The third-order valence-corrected chi connectivity index (χ3v) is 4.77. The molecule has 1 aromatic heterocycles. The molecular weight excluding hydrogens is 382 g/mol. The quantitative estimate of drug-likeness (QED) is 0.408. The zero-order valence-corrected chi connectivity index (χ0v) is 16.6. The van der Waals surface area contributed by atoms with Crippen LogP contribution in [0.1, 0.15) is 22.5 Å². The van der Waals surface area contributed by atoms with Crippen LogP contribution >= 0.6 is 11.6 Å². The molecule has 0 aliphatic rings. The minimum absolute atomic E-state index is 0.466. The topological polar surface area (TPSA) is 61.7 Å². The fourth-order valence-corrected chi connectivity index (χ4v) is 3.10. The van der Waals surface area contributed by atoms with Gasteiger partial charge in [0.2, 0.25) is 0 Å². The number of benzene rings is 3. The molecule has 4 aromatic rings. The van der Waals surface area contributed by atoms with Crippen molar-refractivity contribution in [2.24, 2.45) is 0 Å². The number of nitrogens with zero attached hydrogens (tertiary/aromatic N) is 2. The van der Waals surface area contributed by atoms with Gasteiger partial charge in [-0.1, -0.05) is 41.9 Å². The normalized spacial score (nSPS) is 11.4. The lowest BCUT2D eigenvalue weighted by atomic mass is 10.1. The summed E-state index contributed by atoms with van der Waals surface area (Å²) in [7, 11) is 0. The highest BCUT2D eigenvalue weighted by Crippen LogP contribution is 2.22.